The van der Waals surface area contributed by atoms with E-state index in [1.165, 1.54) is 16.9 Å². The number of aromatic nitrogens is 1. The molecule has 3 aromatic rings. The summed E-state index contributed by atoms with van der Waals surface area (Å²) in [6.45, 7) is 1.42. The number of amides is 1. The predicted octanol–water partition coefficient (Wildman–Crippen LogP) is 3.72. The third-order valence-corrected chi connectivity index (χ3v) is 6.71. The Morgan fingerprint density at radius 1 is 1.22 bits per heavy atom. The van der Waals surface area contributed by atoms with E-state index in [2.05, 4.69) is 27.8 Å². The lowest BCUT2D eigenvalue weighted by molar-refractivity contribution is 0.0782. The summed E-state index contributed by atoms with van der Waals surface area (Å²) in [5.74, 6) is 1.40. The largest absolute Gasteiger partial charge is 0.485 e. The second kappa shape index (κ2) is 9.28. The first-order valence-corrected chi connectivity index (χ1v) is 11.5. The van der Waals surface area contributed by atoms with E-state index >= 15 is 0 Å². The SMILES string of the molecule is CO[C@H]1CNC[C@@H]1NC(=O)c1cnc(Oc2ccc3c(c2)CC[C@@H](c2ccccc2)O3)s1. The minimum absolute atomic E-state index is 0.0261. The van der Waals surface area contributed by atoms with Crippen molar-refractivity contribution in [2.75, 3.05) is 20.2 Å². The minimum Gasteiger partial charge on any atom is -0.485 e. The second-order valence-corrected chi connectivity index (χ2v) is 8.92. The molecule has 2 aliphatic rings. The monoisotopic (exact) mass is 451 g/mol. The van der Waals surface area contributed by atoms with Crippen LogP contribution in [0.2, 0.25) is 0 Å². The zero-order valence-corrected chi connectivity index (χ0v) is 18.6. The number of nitrogens with one attached hydrogen (secondary N) is 2. The molecule has 1 amide bonds. The summed E-state index contributed by atoms with van der Waals surface area (Å²) < 4.78 is 17.5. The van der Waals surface area contributed by atoms with Gasteiger partial charge in [-0.3, -0.25) is 4.79 Å². The van der Waals surface area contributed by atoms with Crippen LogP contribution in [0.1, 0.15) is 33.3 Å². The van der Waals surface area contributed by atoms with Gasteiger partial charge in [0.1, 0.15) is 22.5 Å². The minimum atomic E-state index is -0.168. The number of hydrogen-bond acceptors (Lipinski definition) is 7. The van der Waals surface area contributed by atoms with Gasteiger partial charge in [-0.25, -0.2) is 4.98 Å². The first-order valence-electron chi connectivity index (χ1n) is 10.7. The van der Waals surface area contributed by atoms with Gasteiger partial charge in [0.25, 0.3) is 11.1 Å². The van der Waals surface area contributed by atoms with E-state index in [9.17, 15) is 4.79 Å². The maximum absolute atomic E-state index is 12.6. The molecule has 2 N–H and O–H groups in total. The highest BCUT2D eigenvalue weighted by molar-refractivity contribution is 7.15. The molecule has 7 nitrogen and oxygen atoms in total. The molecule has 3 atom stereocenters. The highest BCUT2D eigenvalue weighted by atomic mass is 32.1. The first-order chi connectivity index (χ1) is 15.7. The van der Waals surface area contributed by atoms with Crippen LogP contribution in [0.25, 0.3) is 0 Å². The lowest BCUT2D eigenvalue weighted by Gasteiger charge is -2.26. The first kappa shape index (κ1) is 20.9. The van der Waals surface area contributed by atoms with Crippen molar-refractivity contribution in [2.45, 2.75) is 31.1 Å². The van der Waals surface area contributed by atoms with Gasteiger partial charge in [-0.1, -0.05) is 41.7 Å². The molecule has 0 radical (unpaired) electrons. The van der Waals surface area contributed by atoms with Gasteiger partial charge in [-0.2, -0.15) is 0 Å². The van der Waals surface area contributed by atoms with Crippen LogP contribution in [-0.4, -0.2) is 43.2 Å². The zero-order valence-electron chi connectivity index (χ0n) is 17.7. The van der Waals surface area contributed by atoms with E-state index in [-0.39, 0.29) is 24.2 Å². The third-order valence-electron chi connectivity index (χ3n) is 5.84. The topological polar surface area (TPSA) is 81.7 Å². The highest BCUT2D eigenvalue weighted by Crippen LogP contribution is 2.38. The smallest absolute Gasteiger partial charge is 0.279 e. The summed E-state index contributed by atoms with van der Waals surface area (Å²) in [5, 5.41) is 6.65. The molecule has 1 aromatic heterocycles. The molecule has 0 saturated carbocycles. The predicted molar refractivity (Wildman–Crippen MR) is 122 cm³/mol. The molecule has 2 aromatic carbocycles. The van der Waals surface area contributed by atoms with Gasteiger partial charge in [0.2, 0.25) is 0 Å². The standard InChI is InChI=1S/C24H25N3O4S/c1-29-21-13-25-12-18(21)27-23(28)22-14-26-24(32-22)30-17-8-10-20-16(11-17)7-9-19(31-20)15-5-3-2-4-6-15/h2-6,8,10-11,14,18-19,21,25H,7,9,12-13H2,1H3,(H,27,28)/t18-,19-,21-/m0/s1. The van der Waals surface area contributed by atoms with E-state index in [4.69, 9.17) is 14.2 Å². The van der Waals surface area contributed by atoms with Gasteiger partial charge in [0.15, 0.2) is 0 Å². The Bertz CT molecular complexity index is 1090. The van der Waals surface area contributed by atoms with Crippen LogP contribution in [-0.2, 0) is 11.2 Å². The quantitative estimate of drug-likeness (QED) is 0.595. The van der Waals surface area contributed by atoms with Crippen molar-refractivity contribution >= 4 is 17.2 Å². The van der Waals surface area contributed by atoms with Gasteiger partial charge in [-0.05, 0) is 42.2 Å². The normalized spacial score (nSPS) is 22.1. The van der Waals surface area contributed by atoms with Crippen LogP contribution >= 0.6 is 11.3 Å². The van der Waals surface area contributed by atoms with Crippen LogP contribution in [0.15, 0.2) is 54.7 Å². The number of benzene rings is 2. The fraction of sp³-hybridized carbons (Fsp3) is 0.333. The molecular formula is C24H25N3O4S. The summed E-state index contributed by atoms with van der Waals surface area (Å²) in [4.78, 5) is 17.3. The average molecular weight is 452 g/mol. The summed E-state index contributed by atoms with van der Waals surface area (Å²) in [5.41, 5.74) is 2.31. The van der Waals surface area contributed by atoms with Crippen LogP contribution in [0.3, 0.4) is 0 Å². The summed E-state index contributed by atoms with van der Waals surface area (Å²) >= 11 is 1.23. The number of fused-ring (bicyclic) bond motifs is 1. The molecule has 0 unspecified atom stereocenters. The van der Waals surface area contributed by atoms with Crippen molar-refractivity contribution in [1.29, 1.82) is 0 Å². The van der Waals surface area contributed by atoms with Crippen molar-refractivity contribution in [1.82, 2.24) is 15.6 Å². The van der Waals surface area contributed by atoms with E-state index in [0.717, 1.165) is 30.7 Å². The van der Waals surface area contributed by atoms with E-state index < -0.39 is 0 Å². The van der Waals surface area contributed by atoms with Crippen LogP contribution in [0.4, 0.5) is 0 Å². The molecule has 3 heterocycles. The van der Waals surface area contributed by atoms with E-state index in [1.807, 2.05) is 36.4 Å². The molecule has 32 heavy (non-hydrogen) atoms. The van der Waals surface area contributed by atoms with Crippen LogP contribution in [0.5, 0.6) is 16.7 Å². The highest BCUT2D eigenvalue weighted by Gasteiger charge is 2.29. The molecule has 5 rings (SSSR count). The molecule has 0 spiro atoms. The number of thiazole rings is 1. The molecular weight excluding hydrogens is 426 g/mol. The van der Waals surface area contributed by atoms with Gasteiger partial charge in [-0.15, -0.1) is 0 Å². The van der Waals surface area contributed by atoms with Crippen molar-refractivity contribution < 1.29 is 19.0 Å². The fourth-order valence-corrected chi connectivity index (χ4v) is 4.82. The fourth-order valence-electron chi connectivity index (χ4n) is 4.13. The Kier molecular flexibility index (Phi) is 6.07. The van der Waals surface area contributed by atoms with E-state index in [0.29, 0.717) is 22.4 Å². The maximum Gasteiger partial charge on any atom is 0.279 e. The van der Waals surface area contributed by atoms with Crippen molar-refractivity contribution in [3.05, 3.63) is 70.7 Å². The van der Waals surface area contributed by atoms with Crippen molar-refractivity contribution in [3.63, 3.8) is 0 Å². The number of ether oxygens (including phenoxy) is 3. The molecule has 166 valence electrons. The Morgan fingerprint density at radius 3 is 2.94 bits per heavy atom. The second-order valence-electron chi connectivity index (χ2n) is 7.93. The molecule has 1 fully saturated rings. The van der Waals surface area contributed by atoms with E-state index in [1.54, 1.807) is 13.3 Å². The number of carbonyl (C=O) groups is 1. The Balaban J connectivity index is 1.22. The van der Waals surface area contributed by atoms with Gasteiger partial charge in [0.05, 0.1) is 18.3 Å². The number of rotatable bonds is 6. The summed E-state index contributed by atoms with van der Waals surface area (Å²) in [7, 11) is 1.65. The number of methoxy groups -OCH3 is 1. The number of aryl methyl sites for hydroxylation is 1. The molecule has 2 aliphatic heterocycles. The number of carbonyl (C=O) groups excluding carboxylic acids is 1. The Morgan fingerprint density at radius 2 is 2.09 bits per heavy atom. The zero-order chi connectivity index (χ0) is 21.9. The average Bonchev–Trinajstić information content (AvgIpc) is 3.48. The Hall–Kier alpha value is -2.94. The Labute approximate surface area is 190 Å². The lowest BCUT2D eigenvalue weighted by Crippen LogP contribution is -2.43. The lowest BCUT2D eigenvalue weighted by atomic mass is 9.97. The van der Waals surface area contributed by atoms with Crippen LogP contribution < -0.4 is 20.1 Å². The summed E-state index contributed by atoms with van der Waals surface area (Å²) in [6.07, 6.45) is 3.42. The summed E-state index contributed by atoms with van der Waals surface area (Å²) in [6, 6.07) is 16.0. The maximum atomic E-state index is 12.6. The molecule has 1 saturated heterocycles. The number of hydrogen-bond donors (Lipinski definition) is 2. The number of nitrogens with zero attached hydrogens (tertiary/aromatic N) is 1. The van der Waals surface area contributed by atoms with Gasteiger partial charge < -0.3 is 24.8 Å². The van der Waals surface area contributed by atoms with Crippen molar-refractivity contribution in [2.24, 2.45) is 0 Å². The van der Waals surface area contributed by atoms with Crippen LogP contribution in [0, 0.1) is 0 Å². The molecule has 8 heteroatoms. The van der Waals surface area contributed by atoms with Crippen molar-refractivity contribution in [3.8, 4) is 16.7 Å². The molecule has 0 aliphatic carbocycles. The van der Waals surface area contributed by atoms with Gasteiger partial charge in [0, 0.05) is 20.2 Å². The van der Waals surface area contributed by atoms with Gasteiger partial charge >= 0.3 is 0 Å². The third kappa shape index (κ3) is 4.48. The molecule has 0 bridgehead atoms.